The van der Waals surface area contributed by atoms with E-state index >= 15 is 0 Å². The van der Waals surface area contributed by atoms with Gasteiger partial charge in [-0.25, -0.2) is 4.79 Å². The highest BCUT2D eigenvalue weighted by Gasteiger charge is 2.50. The maximum absolute atomic E-state index is 13.2. The van der Waals surface area contributed by atoms with Crippen LogP contribution in [-0.4, -0.2) is 89.2 Å². The average molecular weight is 1110 g/mol. The van der Waals surface area contributed by atoms with Crippen LogP contribution in [0.2, 0.25) is 0 Å². The van der Waals surface area contributed by atoms with Gasteiger partial charge in [0.2, 0.25) is 0 Å². The normalized spacial score (nSPS) is 18.4. The molecule has 0 radical (unpaired) electrons. The van der Waals surface area contributed by atoms with Crippen LogP contribution >= 0.6 is 0 Å². The van der Waals surface area contributed by atoms with E-state index in [1.54, 1.807) is 0 Å². The Morgan fingerprint density at radius 1 is 0.430 bits per heavy atom. The fourth-order valence-corrected chi connectivity index (χ4v) is 9.15. The molecule has 1 aliphatic rings. The van der Waals surface area contributed by atoms with Gasteiger partial charge in [-0.3, -0.25) is 14.4 Å². The smallest absolute Gasteiger partial charge is 0.335 e. The molecule has 0 aliphatic carbocycles. The third-order valence-electron chi connectivity index (χ3n) is 14.0. The maximum Gasteiger partial charge on any atom is 0.335 e. The number of hydrogen-bond acceptors (Lipinski definition) is 11. The standard InChI is InChI=1S/C67H112O12/c1-4-7-10-13-16-19-22-25-27-29-30-32-33-36-38-41-44-47-50-53-59(68)75-56-58(77-60(69)54-51-48-45-42-40-37-34-31-28-26-23-20-17-14-11-8-5-2)57-76-67-65(63(72)62(71)64(79-67)66(73)74)78-61(70)55-52-49-46-43-39-35-24-21-18-15-12-9-6-3/h9,12,16,18-19,21,25,27,30,32,35,39,46,49,58,62-65,67,71-72H,4-8,10-11,13-15,17,20,22-24,26,28-29,31,33-34,36-38,40-45,47-48,50-57H2,1-3H3,(H,73,74)/b12-9-,19-16-,21-18-,27-25-,32-30-,39-35-,49-46-. The van der Waals surface area contributed by atoms with Crippen molar-refractivity contribution in [2.45, 2.75) is 302 Å². The van der Waals surface area contributed by atoms with Gasteiger partial charge >= 0.3 is 23.9 Å². The highest BCUT2D eigenvalue weighted by atomic mass is 16.7. The number of ether oxygens (including phenoxy) is 5. The number of rotatable bonds is 53. The van der Waals surface area contributed by atoms with Crippen molar-refractivity contribution >= 4 is 23.9 Å². The van der Waals surface area contributed by atoms with Crippen molar-refractivity contribution in [1.29, 1.82) is 0 Å². The number of carbonyl (C=O) groups is 4. The Labute approximate surface area is 480 Å². The van der Waals surface area contributed by atoms with Gasteiger partial charge < -0.3 is 39.0 Å². The van der Waals surface area contributed by atoms with E-state index in [1.165, 1.54) is 109 Å². The number of unbranched alkanes of at least 4 members (excludes halogenated alkanes) is 25. The molecule has 0 bridgehead atoms. The first-order chi connectivity index (χ1) is 38.6. The quantitative estimate of drug-likeness (QED) is 0.0228. The largest absolute Gasteiger partial charge is 0.479 e. The zero-order valence-electron chi connectivity index (χ0n) is 49.8. The number of allylic oxidation sites excluding steroid dienone is 14. The molecule has 452 valence electrons. The van der Waals surface area contributed by atoms with Crippen LogP contribution in [0.25, 0.3) is 0 Å². The molecule has 6 atom stereocenters. The molecule has 0 saturated carbocycles. The van der Waals surface area contributed by atoms with Crippen molar-refractivity contribution < 1.29 is 58.2 Å². The Balaban J connectivity index is 2.70. The molecular formula is C67H112O12. The number of aliphatic hydroxyl groups is 2. The van der Waals surface area contributed by atoms with Gasteiger partial charge in [-0.2, -0.15) is 0 Å². The van der Waals surface area contributed by atoms with Crippen molar-refractivity contribution in [3.05, 3.63) is 85.1 Å². The number of esters is 3. The van der Waals surface area contributed by atoms with E-state index in [0.29, 0.717) is 25.7 Å². The van der Waals surface area contributed by atoms with Crippen LogP contribution in [-0.2, 0) is 42.9 Å². The minimum Gasteiger partial charge on any atom is -0.479 e. The molecule has 1 fully saturated rings. The molecule has 0 spiro atoms. The first-order valence-electron chi connectivity index (χ1n) is 31.6. The van der Waals surface area contributed by atoms with Crippen molar-refractivity contribution in [2.75, 3.05) is 13.2 Å². The van der Waals surface area contributed by atoms with Crippen LogP contribution < -0.4 is 0 Å². The number of carboxylic acid groups (broad SMARTS) is 1. The molecule has 1 heterocycles. The lowest BCUT2D eigenvalue weighted by Crippen LogP contribution is -2.61. The summed E-state index contributed by atoms with van der Waals surface area (Å²) >= 11 is 0. The highest BCUT2D eigenvalue weighted by molar-refractivity contribution is 5.74. The highest BCUT2D eigenvalue weighted by Crippen LogP contribution is 2.26. The average Bonchev–Trinajstić information content (AvgIpc) is 3.46. The van der Waals surface area contributed by atoms with Crippen LogP contribution in [0.4, 0.5) is 0 Å². The molecular weight excluding hydrogens is 997 g/mol. The second-order valence-corrected chi connectivity index (χ2v) is 21.3. The third kappa shape index (κ3) is 44.3. The molecule has 3 N–H and O–H groups in total. The molecule has 1 aliphatic heterocycles. The summed E-state index contributed by atoms with van der Waals surface area (Å²) in [7, 11) is 0. The summed E-state index contributed by atoms with van der Waals surface area (Å²) in [5.74, 6) is -3.23. The molecule has 1 rings (SSSR count). The van der Waals surface area contributed by atoms with Gasteiger partial charge in [0.1, 0.15) is 18.8 Å². The molecule has 12 nitrogen and oxygen atoms in total. The van der Waals surface area contributed by atoms with E-state index in [1.807, 2.05) is 18.2 Å². The van der Waals surface area contributed by atoms with E-state index in [9.17, 15) is 34.5 Å². The summed E-state index contributed by atoms with van der Waals surface area (Å²) in [6.07, 6.45) is 58.5. The number of aliphatic carboxylic acids is 1. The van der Waals surface area contributed by atoms with Crippen molar-refractivity contribution in [2.24, 2.45) is 0 Å². The predicted molar refractivity (Wildman–Crippen MR) is 321 cm³/mol. The number of carbonyl (C=O) groups excluding carboxylic acids is 3. The lowest BCUT2D eigenvalue weighted by atomic mass is 9.98. The Bertz CT molecular complexity index is 1700. The lowest BCUT2D eigenvalue weighted by molar-refractivity contribution is -0.301. The molecule has 0 aromatic heterocycles. The van der Waals surface area contributed by atoms with Crippen molar-refractivity contribution in [1.82, 2.24) is 0 Å². The van der Waals surface area contributed by atoms with Gasteiger partial charge in [0, 0.05) is 19.3 Å². The molecule has 79 heavy (non-hydrogen) atoms. The van der Waals surface area contributed by atoms with E-state index < -0.39 is 67.3 Å². The number of hydrogen-bond donors (Lipinski definition) is 3. The molecule has 0 amide bonds. The zero-order chi connectivity index (χ0) is 57.5. The number of carboxylic acids is 1. The van der Waals surface area contributed by atoms with Crippen molar-refractivity contribution in [3.8, 4) is 0 Å². The molecule has 12 heteroatoms. The van der Waals surface area contributed by atoms with Crippen LogP contribution in [0.5, 0.6) is 0 Å². The summed E-state index contributed by atoms with van der Waals surface area (Å²) in [5, 5.41) is 31.5. The fraction of sp³-hybridized carbons (Fsp3) is 0.731. The Morgan fingerprint density at radius 2 is 0.823 bits per heavy atom. The predicted octanol–water partition coefficient (Wildman–Crippen LogP) is 16.7. The Hall–Kier alpha value is -4.10. The van der Waals surface area contributed by atoms with Gasteiger partial charge in [-0.15, -0.1) is 0 Å². The fourth-order valence-electron chi connectivity index (χ4n) is 9.15. The minimum atomic E-state index is -1.93. The molecule has 6 unspecified atom stereocenters. The third-order valence-corrected chi connectivity index (χ3v) is 14.0. The van der Waals surface area contributed by atoms with Crippen LogP contribution in [0.15, 0.2) is 85.1 Å². The van der Waals surface area contributed by atoms with Crippen LogP contribution in [0.3, 0.4) is 0 Å². The van der Waals surface area contributed by atoms with E-state index in [-0.39, 0.29) is 25.9 Å². The van der Waals surface area contributed by atoms with E-state index in [4.69, 9.17) is 23.7 Å². The number of aliphatic hydroxyl groups excluding tert-OH is 2. The van der Waals surface area contributed by atoms with Crippen LogP contribution in [0.1, 0.15) is 265 Å². The van der Waals surface area contributed by atoms with Crippen LogP contribution in [0, 0.1) is 0 Å². The monoisotopic (exact) mass is 1110 g/mol. The molecule has 1 saturated heterocycles. The first kappa shape index (κ1) is 72.9. The summed E-state index contributed by atoms with van der Waals surface area (Å²) in [6, 6.07) is 0. The Kier molecular flexibility index (Phi) is 50.3. The minimum absolute atomic E-state index is 0.0634. The zero-order valence-corrected chi connectivity index (χ0v) is 49.8. The van der Waals surface area contributed by atoms with Crippen molar-refractivity contribution in [3.63, 3.8) is 0 Å². The molecule has 0 aromatic carbocycles. The summed E-state index contributed by atoms with van der Waals surface area (Å²) < 4.78 is 28.4. The maximum atomic E-state index is 13.2. The second-order valence-electron chi connectivity index (χ2n) is 21.3. The van der Waals surface area contributed by atoms with Gasteiger partial charge in [0.15, 0.2) is 24.6 Å². The van der Waals surface area contributed by atoms with E-state index in [2.05, 4.69) is 87.6 Å². The summed E-state index contributed by atoms with van der Waals surface area (Å²) in [4.78, 5) is 51.2. The van der Waals surface area contributed by atoms with Gasteiger partial charge in [-0.1, -0.05) is 247 Å². The second kappa shape index (κ2) is 54.5. The van der Waals surface area contributed by atoms with E-state index in [0.717, 1.165) is 89.9 Å². The van der Waals surface area contributed by atoms with Gasteiger partial charge in [-0.05, 0) is 83.5 Å². The lowest BCUT2D eigenvalue weighted by Gasteiger charge is -2.40. The summed E-state index contributed by atoms with van der Waals surface area (Å²) in [6.45, 7) is 5.83. The Morgan fingerprint density at radius 3 is 1.29 bits per heavy atom. The first-order valence-corrected chi connectivity index (χ1v) is 31.6. The summed E-state index contributed by atoms with van der Waals surface area (Å²) in [5.41, 5.74) is 0. The van der Waals surface area contributed by atoms with Gasteiger partial charge in [0.05, 0.1) is 6.61 Å². The topological polar surface area (TPSA) is 175 Å². The molecule has 0 aromatic rings. The SMILES string of the molecule is CC/C=C\C/C=C\C/C=C\C/C=C\CCC(=O)OC1C(OCC(COC(=O)CCCCCCCC/C=C\C/C=C\C/C=C\CCCCC)OC(=O)CCCCCCCCCCCCCCCCCCC)OC(C(=O)O)C(O)C1O. The van der Waals surface area contributed by atoms with Gasteiger partial charge in [0.25, 0.3) is 0 Å².